The first-order valence-corrected chi connectivity index (χ1v) is 6.76. The number of aliphatic carboxylic acids is 1. The zero-order valence-electron chi connectivity index (χ0n) is 10.5. The van der Waals surface area contributed by atoms with Crippen molar-refractivity contribution in [3.05, 3.63) is 63.9 Å². The molecule has 1 heterocycles. The summed E-state index contributed by atoms with van der Waals surface area (Å²) in [5.41, 5.74) is 2.72. The third-order valence-corrected chi connectivity index (χ3v) is 3.65. The molecule has 1 aromatic heterocycles. The Bertz CT molecular complexity index is 581. The number of pyridine rings is 1. The highest BCUT2D eigenvalue weighted by atomic mass is 79.9. The van der Waals surface area contributed by atoms with E-state index in [-0.39, 0.29) is 0 Å². The number of hydrogen-bond donors (Lipinski definition) is 1. The first-order valence-electron chi connectivity index (χ1n) is 5.96. The molecule has 0 radical (unpaired) electrons. The van der Waals surface area contributed by atoms with Gasteiger partial charge in [-0.25, -0.2) is 0 Å². The quantitative estimate of drug-likeness (QED) is 0.937. The van der Waals surface area contributed by atoms with Crippen LogP contribution in [0.15, 0.2) is 47.1 Å². The Balaban J connectivity index is 2.29. The van der Waals surface area contributed by atoms with E-state index in [0.29, 0.717) is 12.1 Å². The molecule has 0 aliphatic heterocycles. The molecule has 2 aromatic rings. The lowest BCUT2D eigenvalue weighted by Gasteiger charge is -2.13. The lowest BCUT2D eigenvalue weighted by Crippen LogP contribution is -2.16. The van der Waals surface area contributed by atoms with E-state index < -0.39 is 11.9 Å². The van der Waals surface area contributed by atoms with Crippen molar-refractivity contribution in [2.45, 2.75) is 19.3 Å². The van der Waals surface area contributed by atoms with Crippen molar-refractivity contribution < 1.29 is 9.90 Å². The van der Waals surface area contributed by atoms with Crippen LogP contribution < -0.4 is 0 Å². The van der Waals surface area contributed by atoms with Crippen molar-refractivity contribution >= 4 is 21.9 Å². The van der Waals surface area contributed by atoms with Gasteiger partial charge < -0.3 is 5.11 Å². The summed E-state index contributed by atoms with van der Waals surface area (Å²) in [6.45, 7) is 2.01. The van der Waals surface area contributed by atoms with Gasteiger partial charge >= 0.3 is 5.97 Å². The number of hydrogen-bond acceptors (Lipinski definition) is 2. The zero-order chi connectivity index (χ0) is 13.8. The molecule has 0 spiro atoms. The number of carboxylic acid groups (broad SMARTS) is 1. The summed E-state index contributed by atoms with van der Waals surface area (Å²) in [7, 11) is 0. The van der Waals surface area contributed by atoms with Gasteiger partial charge in [-0.2, -0.15) is 0 Å². The largest absolute Gasteiger partial charge is 0.481 e. The van der Waals surface area contributed by atoms with Gasteiger partial charge in [-0.1, -0.05) is 29.8 Å². The van der Waals surface area contributed by atoms with Crippen LogP contribution in [0, 0.1) is 6.92 Å². The second-order valence-electron chi connectivity index (χ2n) is 4.45. The number of carbonyl (C=O) groups is 1. The van der Waals surface area contributed by atoms with Crippen molar-refractivity contribution in [3.63, 3.8) is 0 Å². The van der Waals surface area contributed by atoms with Crippen molar-refractivity contribution in [1.82, 2.24) is 4.98 Å². The molecule has 4 heteroatoms. The van der Waals surface area contributed by atoms with Gasteiger partial charge in [0, 0.05) is 10.7 Å². The Morgan fingerprint density at radius 1 is 1.32 bits per heavy atom. The van der Waals surface area contributed by atoms with Gasteiger partial charge in [-0.3, -0.25) is 9.78 Å². The summed E-state index contributed by atoms with van der Waals surface area (Å²) < 4.78 is 0.731. The van der Waals surface area contributed by atoms with E-state index in [1.165, 1.54) is 0 Å². The van der Waals surface area contributed by atoms with Crippen LogP contribution in [0.5, 0.6) is 0 Å². The van der Waals surface area contributed by atoms with E-state index in [2.05, 4.69) is 20.9 Å². The van der Waals surface area contributed by atoms with Gasteiger partial charge in [0.15, 0.2) is 0 Å². The standard InChI is InChI=1S/C15H14BrNO2/c1-10-4-6-11(7-5-10)9-12(15(18)19)14-13(16)3-2-8-17-14/h2-8,12H,9H2,1H3,(H,18,19). The highest BCUT2D eigenvalue weighted by Gasteiger charge is 2.23. The summed E-state index contributed by atoms with van der Waals surface area (Å²) >= 11 is 3.36. The highest BCUT2D eigenvalue weighted by Crippen LogP contribution is 2.26. The fourth-order valence-electron chi connectivity index (χ4n) is 1.92. The second-order valence-corrected chi connectivity index (χ2v) is 5.31. The monoisotopic (exact) mass is 319 g/mol. The van der Waals surface area contributed by atoms with Crippen LogP contribution in [0.25, 0.3) is 0 Å². The minimum absolute atomic E-state index is 0.436. The molecule has 0 saturated heterocycles. The van der Waals surface area contributed by atoms with Crippen LogP contribution >= 0.6 is 15.9 Å². The smallest absolute Gasteiger partial charge is 0.312 e. The molecule has 0 amide bonds. The average molecular weight is 320 g/mol. The van der Waals surface area contributed by atoms with E-state index in [0.717, 1.165) is 15.6 Å². The molecule has 1 unspecified atom stereocenters. The van der Waals surface area contributed by atoms with Gasteiger partial charge in [0.25, 0.3) is 0 Å². The van der Waals surface area contributed by atoms with Crippen LogP contribution in [0.1, 0.15) is 22.7 Å². The number of aryl methyl sites for hydroxylation is 1. The van der Waals surface area contributed by atoms with Gasteiger partial charge in [0.2, 0.25) is 0 Å². The van der Waals surface area contributed by atoms with Crippen LogP contribution in [-0.2, 0) is 11.2 Å². The summed E-state index contributed by atoms with van der Waals surface area (Å²) in [5.74, 6) is -1.50. The number of carboxylic acids is 1. The van der Waals surface area contributed by atoms with Gasteiger partial charge in [0.1, 0.15) is 5.92 Å². The SMILES string of the molecule is Cc1ccc(CC(C(=O)O)c2ncccc2Br)cc1. The molecule has 1 aromatic carbocycles. The Kier molecular flexibility index (Phi) is 4.32. The third kappa shape index (κ3) is 3.41. The number of benzene rings is 1. The maximum absolute atomic E-state index is 11.5. The van der Waals surface area contributed by atoms with Crippen molar-refractivity contribution in [2.24, 2.45) is 0 Å². The summed E-state index contributed by atoms with van der Waals surface area (Å²) in [5, 5.41) is 9.41. The number of nitrogens with zero attached hydrogens (tertiary/aromatic N) is 1. The molecule has 1 N–H and O–H groups in total. The molecule has 0 aliphatic rings. The van der Waals surface area contributed by atoms with E-state index in [1.807, 2.05) is 37.3 Å². The Morgan fingerprint density at radius 2 is 2.00 bits per heavy atom. The van der Waals surface area contributed by atoms with Crippen molar-refractivity contribution in [2.75, 3.05) is 0 Å². The number of halogens is 1. The first-order chi connectivity index (χ1) is 9.08. The molecule has 0 aliphatic carbocycles. The van der Waals surface area contributed by atoms with Crippen molar-refractivity contribution in [3.8, 4) is 0 Å². The maximum atomic E-state index is 11.5. The molecule has 19 heavy (non-hydrogen) atoms. The van der Waals surface area contributed by atoms with E-state index in [1.54, 1.807) is 12.3 Å². The summed E-state index contributed by atoms with van der Waals surface area (Å²) in [6, 6.07) is 11.5. The van der Waals surface area contributed by atoms with Gasteiger partial charge in [0.05, 0.1) is 5.69 Å². The molecular formula is C15H14BrNO2. The summed E-state index contributed by atoms with van der Waals surface area (Å²) in [6.07, 6.45) is 2.05. The lowest BCUT2D eigenvalue weighted by atomic mass is 9.95. The average Bonchev–Trinajstić information content (AvgIpc) is 2.39. The predicted octanol–water partition coefficient (Wildman–Crippen LogP) is 3.56. The van der Waals surface area contributed by atoms with Crippen molar-refractivity contribution in [1.29, 1.82) is 0 Å². The predicted molar refractivity (Wildman–Crippen MR) is 77.2 cm³/mol. The third-order valence-electron chi connectivity index (χ3n) is 2.98. The van der Waals surface area contributed by atoms with Gasteiger partial charge in [-0.05, 0) is 47.0 Å². The topological polar surface area (TPSA) is 50.2 Å². The molecule has 0 bridgehead atoms. The maximum Gasteiger partial charge on any atom is 0.312 e. The number of rotatable bonds is 4. The van der Waals surface area contributed by atoms with Crippen LogP contribution in [0.4, 0.5) is 0 Å². The van der Waals surface area contributed by atoms with Crippen LogP contribution in [0.2, 0.25) is 0 Å². The van der Waals surface area contributed by atoms with E-state index in [4.69, 9.17) is 0 Å². The fraction of sp³-hybridized carbons (Fsp3) is 0.200. The van der Waals surface area contributed by atoms with Gasteiger partial charge in [-0.15, -0.1) is 0 Å². The van der Waals surface area contributed by atoms with E-state index in [9.17, 15) is 9.90 Å². The lowest BCUT2D eigenvalue weighted by molar-refractivity contribution is -0.138. The molecule has 2 rings (SSSR count). The second kappa shape index (κ2) is 5.97. The first kappa shape index (κ1) is 13.7. The minimum Gasteiger partial charge on any atom is -0.481 e. The zero-order valence-corrected chi connectivity index (χ0v) is 12.1. The van der Waals surface area contributed by atoms with Crippen LogP contribution in [0.3, 0.4) is 0 Å². The number of aromatic nitrogens is 1. The Labute approximate surface area is 120 Å². The molecule has 3 nitrogen and oxygen atoms in total. The summed E-state index contributed by atoms with van der Waals surface area (Å²) in [4.78, 5) is 15.6. The molecule has 1 atom stereocenters. The van der Waals surface area contributed by atoms with E-state index >= 15 is 0 Å². The fourth-order valence-corrected chi connectivity index (χ4v) is 2.45. The minimum atomic E-state index is -0.861. The molecule has 0 fully saturated rings. The van der Waals surface area contributed by atoms with Crippen LogP contribution in [-0.4, -0.2) is 16.1 Å². The Hall–Kier alpha value is -1.68. The Morgan fingerprint density at radius 3 is 2.58 bits per heavy atom. The molecular weight excluding hydrogens is 306 g/mol. The molecule has 98 valence electrons. The molecule has 0 saturated carbocycles. The normalized spacial score (nSPS) is 12.1. The highest BCUT2D eigenvalue weighted by molar-refractivity contribution is 9.10.